The Labute approximate surface area is 95.5 Å². The van der Waals surface area contributed by atoms with E-state index in [4.69, 9.17) is 0 Å². The first-order valence-electron chi connectivity index (χ1n) is 4.99. The molecule has 0 saturated carbocycles. The van der Waals surface area contributed by atoms with Crippen LogP contribution in [0, 0.1) is 17.8 Å². The van der Waals surface area contributed by atoms with Gasteiger partial charge in [0.25, 0.3) is 0 Å². The van der Waals surface area contributed by atoms with Crippen molar-refractivity contribution in [1.29, 1.82) is 0 Å². The van der Waals surface area contributed by atoms with Gasteiger partial charge in [0, 0.05) is 5.92 Å². The summed E-state index contributed by atoms with van der Waals surface area (Å²) < 4.78 is 8.86. The van der Waals surface area contributed by atoms with E-state index in [1.165, 1.54) is 14.2 Å². The van der Waals surface area contributed by atoms with Crippen LogP contribution in [0.3, 0.4) is 0 Å². The second kappa shape index (κ2) is 7.57. The van der Waals surface area contributed by atoms with Crippen molar-refractivity contribution in [2.75, 3.05) is 14.2 Å². The Bertz CT molecular complexity index is 303. The molecule has 5 nitrogen and oxygen atoms in total. The lowest BCUT2D eigenvalue weighted by molar-refractivity contribution is -0.133. The average molecular weight is 227 g/mol. The lowest BCUT2D eigenvalue weighted by atomic mass is 10.00. The molecule has 16 heavy (non-hydrogen) atoms. The van der Waals surface area contributed by atoms with Crippen molar-refractivity contribution in [2.45, 2.75) is 26.3 Å². The van der Waals surface area contributed by atoms with Crippen LogP contribution in [0.15, 0.2) is 0 Å². The van der Waals surface area contributed by atoms with Gasteiger partial charge in [-0.3, -0.25) is 0 Å². The van der Waals surface area contributed by atoms with Gasteiger partial charge in [-0.15, -0.1) is 0 Å². The predicted octanol–water partition coefficient (Wildman–Crippen LogP) is 0.933. The fourth-order valence-electron chi connectivity index (χ4n) is 0.930. The van der Waals surface area contributed by atoms with Gasteiger partial charge in [-0.25, -0.2) is 9.59 Å². The van der Waals surface area contributed by atoms with E-state index in [1.807, 2.05) is 13.8 Å². The standard InChI is InChI=1S/C11H17NO4/c1-5-8(2)9(12-11(14)16-4)6-7-10(13)15-3/h8-9H,5H2,1-4H3,(H,12,14)/t8?,9-/m1/s1. The summed E-state index contributed by atoms with van der Waals surface area (Å²) in [5.41, 5.74) is 0. The van der Waals surface area contributed by atoms with Crippen molar-refractivity contribution < 1.29 is 19.1 Å². The number of hydrogen-bond donors (Lipinski definition) is 1. The second-order valence-corrected chi connectivity index (χ2v) is 3.26. The van der Waals surface area contributed by atoms with Gasteiger partial charge in [-0.05, 0) is 5.92 Å². The highest BCUT2D eigenvalue weighted by molar-refractivity contribution is 5.88. The Morgan fingerprint density at radius 2 is 1.94 bits per heavy atom. The Morgan fingerprint density at radius 1 is 1.31 bits per heavy atom. The van der Waals surface area contributed by atoms with Crippen molar-refractivity contribution in [3.8, 4) is 11.8 Å². The van der Waals surface area contributed by atoms with Gasteiger partial charge < -0.3 is 14.8 Å². The van der Waals surface area contributed by atoms with Gasteiger partial charge in [0.2, 0.25) is 0 Å². The molecule has 0 saturated heterocycles. The largest absolute Gasteiger partial charge is 0.459 e. The highest BCUT2D eigenvalue weighted by Gasteiger charge is 2.16. The summed E-state index contributed by atoms with van der Waals surface area (Å²) in [6.45, 7) is 3.89. The third-order valence-corrected chi connectivity index (χ3v) is 2.19. The Hall–Kier alpha value is -1.70. The molecule has 0 spiro atoms. The van der Waals surface area contributed by atoms with Crippen LogP contribution in [0.1, 0.15) is 20.3 Å². The van der Waals surface area contributed by atoms with Crippen molar-refractivity contribution in [1.82, 2.24) is 5.32 Å². The van der Waals surface area contributed by atoms with Crippen LogP contribution in [-0.4, -0.2) is 32.3 Å². The van der Waals surface area contributed by atoms with Crippen LogP contribution < -0.4 is 5.32 Å². The lowest BCUT2D eigenvalue weighted by Gasteiger charge is -2.17. The molecule has 0 aliphatic carbocycles. The zero-order chi connectivity index (χ0) is 12.6. The molecule has 5 heteroatoms. The molecular weight excluding hydrogens is 210 g/mol. The first kappa shape index (κ1) is 14.3. The molecule has 1 amide bonds. The van der Waals surface area contributed by atoms with E-state index in [9.17, 15) is 9.59 Å². The maximum atomic E-state index is 11.0. The first-order valence-corrected chi connectivity index (χ1v) is 4.99. The first-order chi connectivity index (χ1) is 7.54. The summed E-state index contributed by atoms with van der Waals surface area (Å²) in [6, 6.07) is -0.420. The van der Waals surface area contributed by atoms with Gasteiger partial charge in [0.15, 0.2) is 0 Å². The minimum Gasteiger partial charge on any atom is -0.459 e. The zero-order valence-electron chi connectivity index (χ0n) is 9.99. The average Bonchev–Trinajstić information content (AvgIpc) is 2.32. The summed E-state index contributed by atoms with van der Waals surface area (Å²) in [5, 5.41) is 2.55. The molecule has 90 valence electrons. The molecule has 1 N–H and O–H groups in total. The maximum Gasteiger partial charge on any atom is 0.407 e. The van der Waals surface area contributed by atoms with E-state index < -0.39 is 18.1 Å². The minimum atomic E-state index is -0.625. The van der Waals surface area contributed by atoms with Crippen molar-refractivity contribution in [3.63, 3.8) is 0 Å². The highest BCUT2D eigenvalue weighted by atomic mass is 16.5. The fraction of sp³-hybridized carbons (Fsp3) is 0.636. The molecule has 0 aromatic rings. The van der Waals surface area contributed by atoms with Gasteiger partial charge >= 0.3 is 12.1 Å². The molecule has 0 heterocycles. The number of carbonyl (C=O) groups is 2. The number of hydrogen-bond acceptors (Lipinski definition) is 4. The van der Waals surface area contributed by atoms with Crippen LogP contribution in [0.25, 0.3) is 0 Å². The van der Waals surface area contributed by atoms with Gasteiger partial charge in [0.05, 0.1) is 20.3 Å². The summed E-state index contributed by atoms with van der Waals surface area (Å²) in [4.78, 5) is 21.9. The van der Waals surface area contributed by atoms with E-state index in [0.717, 1.165) is 6.42 Å². The zero-order valence-corrected chi connectivity index (χ0v) is 9.99. The van der Waals surface area contributed by atoms with Crippen LogP contribution in [0.4, 0.5) is 4.79 Å². The summed E-state index contributed by atoms with van der Waals surface area (Å²) in [6.07, 6.45) is 0.259. The van der Waals surface area contributed by atoms with Crippen LogP contribution in [-0.2, 0) is 14.3 Å². The third kappa shape index (κ3) is 5.25. The fourth-order valence-corrected chi connectivity index (χ4v) is 0.930. The van der Waals surface area contributed by atoms with Gasteiger partial charge in [0.1, 0.15) is 0 Å². The number of esters is 1. The number of rotatable bonds is 3. The molecule has 0 aromatic carbocycles. The van der Waals surface area contributed by atoms with Crippen LogP contribution in [0.2, 0.25) is 0 Å². The Balaban J connectivity index is 4.59. The Kier molecular flexibility index (Phi) is 6.77. The Morgan fingerprint density at radius 3 is 2.38 bits per heavy atom. The lowest BCUT2D eigenvalue weighted by Crippen LogP contribution is -2.38. The predicted molar refractivity (Wildman–Crippen MR) is 58.6 cm³/mol. The van der Waals surface area contributed by atoms with E-state index in [1.54, 1.807) is 0 Å². The van der Waals surface area contributed by atoms with Crippen molar-refractivity contribution >= 4 is 12.1 Å². The molecule has 0 rings (SSSR count). The molecule has 0 aromatic heterocycles. The number of methoxy groups -OCH3 is 2. The monoisotopic (exact) mass is 227 g/mol. The van der Waals surface area contributed by atoms with E-state index >= 15 is 0 Å². The topological polar surface area (TPSA) is 64.6 Å². The molecular formula is C11H17NO4. The number of alkyl carbamates (subject to hydrolysis) is 1. The summed E-state index contributed by atoms with van der Waals surface area (Å²) >= 11 is 0. The second-order valence-electron chi connectivity index (χ2n) is 3.26. The molecule has 1 unspecified atom stereocenters. The van der Waals surface area contributed by atoms with Crippen LogP contribution >= 0.6 is 0 Å². The number of ether oxygens (including phenoxy) is 2. The normalized spacial score (nSPS) is 12.8. The third-order valence-electron chi connectivity index (χ3n) is 2.19. The quantitative estimate of drug-likeness (QED) is 0.442. The number of amides is 1. The van der Waals surface area contributed by atoms with Crippen LogP contribution in [0.5, 0.6) is 0 Å². The summed E-state index contributed by atoms with van der Waals surface area (Å²) in [5.74, 6) is 4.44. The minimum absolute atomic E-state index is 0.122. The molecule has 0 aliphatic heterocycles. The smallest absolute Gasteiger partial charge is 0.407 e. The number of carbonyl (C=O) groups excluding carboxylic acids is 2. The van der Waals surface area contributed by atoms with E-state index in [0.29, 0.717) is 0 Å². The SMILES string of the molecule is CCC(C)[C@@H](C#CC(=O)OC)NC(=O)OC. The van der Waals surface area contributed by atoms with E-state index in [-0.39, 0.29) is 5.92 Å². The van der Waals surface area contributed by atoms with E-state index in [2.05, 4.69) is 26.6 Å². The summed E-state index contributed by atoms with van der Waals surface area (Å²) in [7, 11) is 2.53. The highest BCUT2D eigenvalue weighted by Crippen LogP contribution is 2.06. The molecule has 0 bridgehead atoms. The number of nitrogens with one attached hydrogen (secondary N) is 1. The van der Waals surface area contributed by atoms with Crippen molar-refractivity contribution in [3.05, 3.63) is 0 Å². The molecule has 2 atom stereocenters. The molecule has 0 aliphatic rings. The molecule has 0 fully saturated rings. The van der Waals surface area contributed by atoms with Gasteiger partial charge in [-0.1, -0.05) is 26.2 Å². The van der Waals surface area contributed by atoms with Crippen molar-refractivity contribution in [2.24, 2.45) is 5.92 Å². The maximum absolute atomic E-state index is 11.0. The molecule has 0 radical (unpaired) electrons. The van der Waals surface area contributed by atoms with Gasteiger partial charge in [-0.2, -0.15) is 0 Å².